The molecule has 3 heterocycles. The number of β-lactam (4-membered cyclic amide) rings is 1. The number of carbonyl (C=O) groups excluding carboxylic acids is 5. The monoisotopic (exact) mass is 1060 g/mol. The second kappa shape index (κ2) is 21.3. The van der Waals surface area contributed by atoms with Crippen LogP contribution in [0.3, 0.4) is 0 Å². The fourth-order valence-corrected chi connectivity index (χ4v) is 11.9. The number of likely N-dealkylation sites (N-methyl/N-ethyl adjacent to an activating group) is 1. The van der Waals surface area contributed by atoms with E-state index in [1.165, 1.54) is 75.0 Å². The molecule has 0 radical (unpaired) electrons. The number of hydrogen-bond acceptors (Lipinski definition) is 15. The number of ether oxygens (including phenoxy) is 3. The van der Waals surface area contributed by atoms with Gasteiger partial charge in [0.15, 0.2) is 0 Å². The van der Waals surface area contributed by atoms with E-state index in [1.807, 2.05) is 6.92 Å². The number of carbonyl (C=O) groups is 5. The quantitative estimate of drug-likeness (QED) is 0.0306. The molecule has 3 aromatic rings. The van der Waals surface area contributed by atoms with Crippen molar-refractivity contribution in [1.82, 2.24) is 14.7 Å². The van der Waals surface area contributed by atoms with Crippen molar-refractivity contribution in [2.45, 2.75) is 135 Å². The van der Waals surface area contributed by atoms with Crippen molar-refractivity contribution in [3.8, 4) is 11.5 Å². The summed E-state index contributed by atoms with van der Waals surface area (Å²) in [5.41, 5.74) is 0.870. The molecule has 0 bridgehead atoms. The van der Waals surface area contributed by atoms with Crippen LogP contribution < -0.4 is 8.85 Å². The minimum Gasteiger partial charge on any atom is -0.541 e. The molecule has 3 aliphatic heterocycles. The second-order valence-electron chi connectivity index (χ2n) is 22.1. The molecule has 0 N–H and O–H groups in total. The summed E-state index contributed by atoms with van der Waals surface area (Å²) in [5, 5.41) is 21.7. The third-order valence-corrected chi connectivity index (χ3v) is 24.8. The van der Waals surface area contributed by atoms with Crippen LogP contribution in [-0.2, 0) is 41.8 Å². The number of likely N-dealkylation sites (tertiary alicyclic amines) is 1. The number of nitrogens with zero attached hydrogens (tertiary/aromatic N) is 5. The van der Waals surface area contributed by atoms with Gasteiger partial charge in [0, 0.05) is 61.0 Å². The number of rotatable bonds is 17. The van der Waals surface area contributed by atoms with E-state index in [0.29, 0.717) is 27.5 Å². The average Bonchev–Trinajstić information content (AvgIpc) is 3.83. The van der Waals surface area contributed by atoms with E-state index >= 15 is 0 Å². The highest BCUT2D eigenvalue weighted by atomic mass is 32.2. The number of thioether (sulfide) groups is 1. The molecule has 2 saturated heterocycles. The Bertz CT molecular complexity index is 2680. The molecule has 19 nitrogen and oxygen atoms in total. The molecule has 1 unspecified atom stereocenters. The van der Waals surface area contributed by atoms with E-state index in [0.717, 1.165) is 0 Å². The SMILES string of the molecule is CC(OC(=O)c1ccc(O[Si](C)(C)C(C)(C)C)c(O[Si](C)(C)C(C)(C)C)c1)[C@H]1C(=O)N2C(C(=O)OCc3ccc([N+](=O)[O-])cc3)=C(S[C@H]3C[C@@H](C(=O)N(C)C)N(C(=O)OCc4ccc([N+](=O)[O-])cc4)C3)[C@H](C)[C@H]12. The van der Waals surface area contributed by atoms with Gasteiger partial charge >= 0.3 is 18.0 Å². The van der Waals surface area contributed by atoms with Crippen LogP contribution in [0, 0.1) is 32.1 Å². The van der Waals surface area contributed by atoms with E-state index in [1.54, 1.807) is 39.2 Å². The minimum absolute atomic E-state index is 0.0201. The number of esters is 2. The third kappa shape index (κ3) is 12.1. The van der Waals surface area contributed by atoms with Crippen molar-refractivity contribution in [2.75, 3.05) is 20.6 Å². The number of nitro benzene ring substituents is 2. The zero-order chi connectivity index (χ0) is 54.3. The molecule has 3 aromatic carbocycles. The molecule has 2 fully saturated rings. The van der Waals surface area contributed by atoms with Crippen LogP contribution in [0.5, 0.6) is 11.5 Å². The maximum Gasteiger partial charge on any atom is 0.410 e. The summed E-state index contributed by atoms with van der Waals surface area (Å²) >= 11 is 1.25. The number of benzene rings is 3. The lowest BCUT2D eigenvalue weighted by molar-refractivity contribution is -0.385. The maximum atomic E-state index is 14.4. The summed E-state index contributed by atoms with van der Waals surface area (Å²) in [7, 11) is -1.66. The first-order valence-corrected chi connectivity index (χ1v) is 30.8. The first-order chi connectivity index (χ1) is 33.8. The molecule has 3 aliphatic rings. The molecule has 3 amide bonds. The first kappa shape index (κ1) is 56.0. The number of hydrogen-bond donors (Lipinski definition) is 0. The van der Waals surface area contributed by atoms with Gasteiger partial charge in [0.25, 0.3) is 28.0 Å². The van der Waals surface area contributed by atoms with E-state index in [-0.39, 0.29) is 64.8 Å². The van der Waals surface area contributed by atoms with Crippen LogP contribution >= 0.6 is 11.8 Å². The molecule has 0 aromatic heterocycles. The molecule has 0 aliphatic carbocycles. The lowest BCUT2D eigenvalue weighted by atomic mass is 9.79. The van der Waals surface area contributed by atoms with Gasteiger partial charge in [-0.15, -0.1) is 11.8 Å². The van der Waals surface area contributed by atoms with Crippen molar-refractivity contribution < 1.29 is 56.9 Å². The molecular formula is C51H67N5O14SSi2. The summed E-state index contributed by atoms with van der Waals surface area (Å²) in [4.78, 5) is 96.0. The minimum atomic E-state index is -2.45. The van der Waals surface area contributed by atoms with Crippen molar-refractivity contribution in [1.29, 1.82) is 0 Å². The summed E-state index contributed by atoms with van der Waals surface area (Å²) in [6.45, 7) is 24.3. The summed E-state index contributed by atoms with van der Waals surface area (Å²) in [6, 6.07) is 14.4. The molecule has 394 valence electrons. The fraction of sp³-hybridized carbons (Fsp3) is 0.510. The molecule has 73 heavy (non-hydrogen) atoms. The van der Waals surface area contributed by atoms with Crippen LogP contribution in [-0.4, -0.2) is 115 Å². The predicted octanol–water partition coefficient (Wildman–Crippen LogP) is 9.85. The Balaban J connectivity index is 1.26. The van der Waals surface area contributed by atoms with Gasteiger partial charge in [0.1, 0.15) is 42.6 Å². The zero-order valence-electron chi connectivity index (χ0n) is 44.0. The topological polar surface area (TPSA) is 228 Å². The number of fused-ring (bicyclic) bond motifs is 1. The molecule has 6 rings (SSSR count). The Morgan fingerprint density at radius 2 is 1.29 bits per heavy atom. The lowest BCUT2D eigenvalue weighted by Gasteiger charge is -2.47. The van der Waals surface area contributed by atoms with Crippen molar-refractivity contribution in [3.05, 3.63) is 114 Å². The van der Waals surface area contributed by atoms with Gasteiger partial charge in [-0.25, -0.2) is 14.4 Å². The second-order valence-corrected chi connectivity index (χ2v) is 32.9. The standard InChI is InChI=1S/C51H67N5O14SSi2/c1-30-42-41(31(2)68-47(59)34-19-24-39(69-72(11,12)50(3,4)5)40(25-34)70-73(13,14)51(6,7)8)46(58)54(42)43(48(60)66-28-32-15-20-35(21-16-32)55(62)63)44(30)71-37-26-38(45(57)52(9)10)53(27-37)49(61)67-29-33-17-22-36(23-18-33)56(64)65/h15-25,30-31,37-38,41-42H,26-29H2,1-14H3/t30-,31?,37+,38+,41-,42-/m1/s1. The normalized spacial score (nSPS) is 20.4. The Labute approximate surface area is 432 Å². The maximum absolute atomic E-state index is 14.4. The van der Waals surface area contributed by atoms with Crippen molar-refractivity contribution in [3.63, 3.8) is 0 Å². The number of non-ortho nitro benzene ring substituents is 2. The van der Waals surface area contributed by atoms with Gasteiger partial charge in [-0.05, 0) is 103 Å². The van der Waals surface area contributed by atoms with E-state index in [4.69, 9.17) is 23.1 Å². The van der Waals surface area contributed by atoms with Crippen molar-refractivity contribution >= 4 is 69.6 Å². The molecule has 22 heteroatoms. The summed E-state index contributed by atoms with van der Waals surface area (Å²) in [6.07, 6.45) is -1.59. The van der Waals surface area contributed by atoms with E-state index < -0.39 is 85.7 Å². The highest BCUT2D eigenvalue weighted by Gasteiger charge is 2.62. The number of amides is 3. The largest absolute Gasteiger partial charge is 0.541 e. The van der Waals surface area contributed by atoms with Crippen LogP contribution in [0.15, 0.2) is 77.3 Å². The molecule has 6 atom stereocenters. The zero-order valence-corrected chi connectivity index (χ0v) is 46.8. The van der Waals surface area contributed by atoms with Crippen molar-refractivity contribution in [2.24, 2.45) is 11.8 Å². The molecule has 0 saturated carbocycles. The predicted molar refractivity (Wildman–Crippen MR) is 279 cm³/mol. The summed E-state index contributed by atoms with van der Waals surface area (Å²) in [5.74, 6) is -2.77. The van der Waals surface area contributed by atoms with Gasteiger partial charge in [-0.3, -0.25) is 34.7 Å². The van der Waals surface area contributed by atoms with Gasteiger partial charge in [0.05, 0.1) is 27.4 Å². The van der Waals surface area contributed by atoms with E-state index in [2.05, 4.69) is 67.7 Å². The van der Waals surface area contributed by atoms with Gasteiger partial charge in [0.2, 0.25) is 11.8 Å². The third-order valence-electron chi connectivity index (χ3n) is 14.6. The Kier molecular flexibility index (Phi) is 16.3. The van der Waals surface area contributed by atoms with Crippen LogP contribution in [0.4, 0.5) is 16.2 Å². The number of nitro groups is 2. The Hall–Kier alpha value is -6.27. The Morgan fingerprint density at radius 1 is 0.781 bits per heavy atom. The van der Waals surface area contributed by atoms with Gasteiger partial charge in [-0.2, -0.15) is 0 Å². The first-order valence-electron chi connectivity index (χ1n) is 24.1. The van der Waals surface area contributed by atoms with E-state index in [9.17, 15) is 44.2 Å². The van der Waals surface area contributed by atoms with Gasteiger partial charge in [-0.1, -0.05) is 48.5 Å². The lowest BCUT2D eigenvalue weighted by Crippen LogP contribution is -2.64. The Morgan fingerprint density at radius 3 is 1.78 bits per heavy atom. The van der Waals surface area contributed by atoms with Gasteiger partial charge < -0.3 is 32.9 Å². The average molecular weight is 1060 g/mol. The highest BCUT2D eigenvalue weighted by molar-refractivity contribution is 8.03. The highest BCUT2D eigenvalue weighted by Crippen LogP contribution is 2.53. The van der Waals surface area contributed by atoms with Crippen LogP contribution in [0.1, 0.15) is 83.3 Å². The smallest absolute Gasteiger partial charge is 0.410 e. The van der Waals surface area contributed by atoms with Crippen LogP contribution in [0.2, 0.25) is 36.3 Å². The van der Waals surface area contributed by atoms with Crippen LogP contribution in [0.25, 0.3) is 0 Å². The molecule has 0 spiro atoms. The molecular weight excluding hydrogens is 995 g/mol. The summed E-state index contributed by atoms with van der Waals surface area (Å²) < 4.78 is 31.0. The fourth-order valence-electron chi connectivity index (χ4n) is 8.29.